The van der Waals surface area contributed by atoms with Crippen LogP contribution in [0.15, 0.2) is 48.6 Å². The van der Waals surface area contributed by atoms with Gasteiger partial charge in [0.1, 0.15) is 0 Å². The standard InChI is InChI=1S/C22H22O7/c1-25-17-9-5-15(13-19(17)27-3)7-11-21(23)29-22(24)12-8-16-6-10-18(26-2)20(14-16)28-4/h5-14H,1-4H3/b11-7+,12-8+. The molecular formula is C22H22O7. The third-order valence-electron chi connectivity index (χ3n) is 3.84. The second-order valence-corrected chi connectivity index (χ2v) is 5.64. The highest BCUT2D eigenvalue weighted by atomic mass is 16.6. The predicted octanol–water partition coefficient (Wildman–Crippen LogP) is 3.52. The van der Waals surface area contributed by atoms with E-state index < -0.39 is 11.9 Å². The minimum absolute atomic E-state index is 0.525. The fraction of sp³-hybridized carbons (Fsp3) is 0.182. The van der Waals surface area contributed by atoms with Crippen molar-refractivity contribution in [3.63, 3.8) is 0 Å². The lowest BCUT2D eigenvalue weighted by molar-refractivity contribution is -0.152. The summed E-state index contributed by atoms with van der Waals surface area (Å²) < 4.78 is 25.4. The summed E-state index contributed by atoms with van der Waals surface area (Å²) in [6, 6.07) is 10.3. The largest absolute Gasteiger partial charge is 0.493 e. The van der Waals surface area contributed by atoms with Gasteiger partial charge in [-0.1, -0.05) is 12.1 Å². The highest BCUT2D eigenvalue weighted by Crippen LogP contribution is 2.28. The molecule has 0 fully saturated rings. The second-order valence-electron chi connectivity index (χ2n) is 5.64. The maximum Gasteiger partial charge on any atom is 0.338 e. The molecule has 0 radical (unpaired) electrons. The van der Waals surface area contributed by atoms with Crippen LogP contribution in [-0.4, -0.2) is 40.4 Å². The molecule has 0 saturated heterocycles. The molecule has 152 valence electrons. The maximum absolute atomic E-state index is 11.8. The van der Waals surface area contributed by atoms with E-state index in [1.54, 1.807) is 36.4 Å². The fourth-order valence-corrected chi connectivity index (χ4v) is 2.41. The first-order valence-electron chi connectivity index (χ1n) is 8.56. The zero-order valence-electron chi connectivity index (χ0n) is 16.6. The molecule has 0 aliphatic rings. The number of methoxy groups -OCH3 is 4. The number of carbonyl (C=O) groups excluding carboxylic acids is 2. The van der Waals surface area contributed by atoms with E-state index in [-0.39, 0.29) is 0 Å². The normalized spacial score (nSPS) is 10.8. The average molecular weight is 398 g/mol. The van der Waals surface area contributed by atoms with Crippen molar-refractivity contribution in [3.8, 4) is 23.0 Å². The van der Waals surface area contributed by atoms with E-state index in [0.717, 1.165) is 12.2 Å². The third kappa shape index (κ3) is 6.14. The topological polar surface area (TPSA) is 80.3 Å². The van der Waals surface area contributed by atoms with Crippen molar-refractivity contribution in [2.75, 3.05) is 28.4 Å². The van der Waals surface area contributed by atoms with E-state index >= 15 is 0 Å². The van der Waals surface area contributed by atoms with Gasteiger partial charge < -0.3 is 23.7 Å². The van der Waals surface area contributed by atoms with Gasteiger partial charge in [-0.2, -0.15) is 0 Å². The molecular weight excluding hydrogens is 376 g/mol. The van der Waals surface area contributed by atoms with Gasteiger partial charge in [-0.15, -0.1) is 0 Å². The van der Waals surface area contributed by atoms with Crippen LogP contribution in [0.1, 0.15) is 11.1 Å². The number of esters is 2. The Labute approximate surface area is 169 Å². The molecule has 0 aliphatic carbocycles. The predicted molar refractivity (Wildman–Crippen MR) is 108 cm³/mol. The minimum atomic E-state index is -0.790. The van der Waals surface area contributed by atoms with Crippen LogP contribution in [0.3, 0.4) is 0 Å². The van der Waals surface area contributed by atoms with E-state index in [9.17, 15) is 9.59 Å². The first-order chi connectivity index (χ1) is 14.0. The Balaban J connectivity index is 1.97. The van der Waals surface area contributed by atoms with Crippen molar-refractivity contribution >= 4 is 24.1 Å². The van der Waals surface area contributed by atoms with Crippen LogP contribution in [0.4, 0.5) is 0 Å². The van der Waals surface area contributed by atoms with Crippen LogP contribution in [0.2, 0.25) is 0 Å². The molecule has 2 rings (SSSR count). The van der Waals surface area contributed by atoms with Gasteiger partial charge in [0.15, 0.2) is 23.0 Å². The van der Waals surface area contributed by atoms with Crippen molar-refractivity contribution in [2.45, 2.75) is 0 Å². The molecule has 0 unspecified atom stereocenters. The van der Waals surface area contributed by atoms with E-state index in [1.807, 2.05) is 0 Å². The number of hydrogen-bond acceptors (Lipinski definition) is 7. The molecule has 0 atom stereocenters. The molecule has 0 amide bonds. The van der Waals surface area contributed by atoms with Gasteiger partial charge in [-0.25, -0.2) is 9.59 Å². The Morgan fingerprint density at radius 3 is 1.34 bits per heavy atom. The van der Waals surface area contributed by atoms with Gasteiger partial charge in [0.05, 0.1) is 28.4 Å². The van der Waals surface area contributed by atoms with Crippen molar-refractivity contribution in [3.05, 3.63) is 59.7 Å². The number of carbonyl (C=O) groups is 2. The summed E-state index contributed by atoms with van der Waals surface area (Å²) in [6.45, 7) is 0. The number of rotatable bonds is 8. The second kappa shape index (κ2) is 10.6. The van der Waals surface area contributed by atoms with Crippen molar-refractivity contribution < 1.29 is 33.3 Å². The Morgan fingerprint density at radius 1 is 0.621 bits per heavy atom. The van der Waals surface area contributed by atoms with Crippen LogP contribution in [0, 0.1) is 0 Å². The first kappa shape index (κ1) is 21.6. The van der Waals surface area contributed by atoms with E-state index in [2.05, 4.69) is 0 Å². The molecule has 0 spiro atoms. The quantitative estimate of drug-likeness (QED) is 0.382. The fourth-order valence-electron chi connectivity index (χ4n) is 2.41. The van der Waals surface area contributed by atoms with Crippen LogP contribution in [0.5, 0.6) is 23.0 Å². The summed E-state index contributed by atoms with van der Waals surface area (Å²) in [4.78, 5) is 23.7. The molecule has 0 aliphatic heterocycles. The van der Waals surface area contributed by atoms with E-state index in [4.69, 9.17) is 23.7 Å². The van der Waals surface area contributed by atoms with Gasteiger partial charge in [-0.3, -0.25) is 0 Å². The Morgan fingerprint density at radius 2 is 1.00 bits per heavy atom. The molecule has 29 heavy (non-hydrogen) atoms. The zero-order valence-corrected chi connectivity index (χ0v) is 16.6. The number of hydrogen-bond donors (Lipinski definition) is 0. The van der Waals surface area contributed by atoms with Crippen LogP contribution < -0.4 is 18.9 Å². The van der Waals surface area contributed by atoms with Crippen molar-refractivity contribution in [1.82, 2.24) is 0 Å². The molecule has 7 nitrogen and oxygen atoms in total. The molecule has 0 saturated carbocycles. The first-order valence-corrected chi connectivity index (χ1v) is 8.56. The summed E-state index contributed by atoms with van der Waals surface area (Å²) in [6.07, 6.45) is 5.33. The molecule has 0 heterocycles. The highest BCUT2D eigenvalue weighted by Gasteiger charge is 2.07. The van der Waals surface area contributed by atoms with Crippen molar-refractivity contribution in [2.24, 2.45) is 0 Å². The molecule has 0 bridgehead atoms. The summed E-state index contributed by atoms with van der Waals surface area (Å²) in [5.41, 5.74) is 1.38. The highest BCUT2D eigenvalue weighted by molar-refractivity contribution is 5.99. The lowest BCUT2D eigenvalue weighted by atomic mass is 10.2. The van der Waals surface area contributed by atoms with Gasteiger partial charge in [-0.05, 0) is 47.5 Å². The minimum Gasteiger partial charge on any atom is -0.493 e. The van der Waals surface area contributed by atoms with E-state index in [0.29, 0.717) is 34.1 Å². The van der Waals surface area contributed by atoms with Crippen LogP contribution in [0.25, 0.3) is 12.2 Å². The molecule has 2 aromatic rings. The van der Waals surface area contributed by atoms with Crippen LogP contribution >= 0.6 is 0 Å². The van der Waals surface area contributed by atoms with Gasteiger partial charge in [0.2, 0.25) is 0 Å². The van der Waals surface area contributed by atoms with E-state index in [1.165, 1.54) is 40.6 Å². The van der Waals surface area contributed by atoms with Gasteiger partial charge in [0, 0.05) is 12.2 Å². The lowest BCUT2D eigenvalue weighted by Crippen LogP contribution is -2.06. The average Bonchev–Trinajstić information content (AvgIpc) is 2.75. The zero-order chi connectivity index (χ0) is 21.2. The summed E-state index contributed by atoms with van der Waals surface area (Å²) >= 11 is 0. The lowest BCUT2D eigenvalue weighted by Gasteiger charge is -2.07. The number of benzene rings is 2. The maximum atomic E-state index is 11.8. The number of ether oxygens (including phenoxy) is 5. The third-order valence-corrected chi connectivity index (χ3v) is 3.84. The summed E-state index contributed by atoms with van der Waals surface area (Å²) in [7, 11) is 6.10. The summed E-state index contributed by atoms with van der Waals surface area (Å²) in [5, 5.41) is 0. The molecule has 7 heteroatoms. The monoisotopic (exact) mass is 398 g/mol. The van der Waals surface area contributed by atoms with Crippen molar-refractivity contribution in [1.29, 1.82) is 0 Å². The Kier molecular flexibility index (Phi) is 7.85. The smallest absolute Gasteiger partial charge is 0.338 e. The Bertz CT molecular complexity index is 853. The summed E-state index contributed by atoms with van der Waals surface area (Å²) in [5.74, 6) is 0.614. The van der Waals surface area contributed by atoms with Crippen LogP contribution in [-0.2, 0) is 14.3 Å². The van der Waals surface area contributed by atoms with Gasteiger partial charge in [0.25, 0.3) is 0 Å². The molecule has 2 aromatic carbocycles. The molecule has 0 aromatic heterocycles. The Hall–Kier alpha value is -3.74. The van der Waals surface area contributed by atoms with Gasteiger partial charge >= 0.3 is 11.9 Å². The molecule has 0 N–H and O–H groups in total. The SMILES string of the molecule is COc1ccc(/C=C/C(=O)OC(=O)/C=C/c2ccc(OC)c(OC)c2)cc1OC.